The number of nitrogens with one attached hydrogen (secondary N) is 1. The summed E-state index contributed by atoms with van der Waals surface area (Å²) < 4.78 is 26.2. The van der Waals surface area contributed by atoms with Crippen LogP contribution in [0.2, 0.25) is 5.02 Å². The zero-order chi connectivity index (χ0) is 18.8. The van der Waals surface area contributed by atoms with Crippen LogP contribution in [0, 0.1) is 10.6 Å². The van der Waals surface area contributed by atoms with Crippen LogP contribution in [-0.4, -0.2) is 34.3 Å². The highest BCUT2D eigenvalue weighted by Crippen LogP contribution is 2.37. The van der Waals surface area contributed by atoms with E-state index in [-0.39, 0.29) is 5.82 Å². The normalized spacial score (nSPS) is 13.7. The Hall–Kier alpha value is -2.71. The molecule has 0 amide bonds. The zero-order valence-electron chi connectivity index (χ0n) is 14.0. The van der Waals surface area contributed by atoms with E-state index in [1.807, 2.05) is 0 Å². The van der Waals surface area contributed by atoms with Gasteiger partial charge in [-0.1, -0.05) is 11.6 Å². The molecule has 0 spiro atoms. The molecule has 4 rings (SSSR count). The Labute approximate surface area is 164 Å². The minimum Gasteiger partial charge on any atom is -0.489 e. The van der Waals surface area contributed by atoms with E-state index in [1.54, 1.807) is 30.5 Å². The van der Waals surface area contributed by atoms with E-state index < -0.39 is 0 Å². The van der Waals surface area contributed by atoms with Crippen LogP contribution in [0.1, 0.15) is 12.0 Å². The van der Waals surface area contributed by atoms with Crippen LogP contribution in [-0.2, 0) is 0 Å². The minimum absolute atomic E-state index is 0.311. The molecule has 3 aromatic rings. The number of aromatic amines is 1. The van der Waals surface area contributed by atoms with Crippen LogP contribution in [0.4, 0.5) is 4.39 Å². The van der Waals surface area contributed by atoms with Crippen molar-refractivity contribution in [1.82, 2.24) is 14.9 Å². The summed E-state index contributed by atoms with van der Waals surface area (Å²) in [6, 6.07) is 9.46. The molecule has 9 heteroatoms. The molecule has 1 aliphatic heterocycles. The fraction of sp³-hybridized carbons (Fsp3) is 0.167. The van der Waals surface area contributed by atoms with Crippen LogP contribution in [0.15, 0.2) is 41.5 Å². The van der Waals surface area contributed by atoms with Gasteiger partial charge in [0.15, 0.2) is 17.3 Å². The molecule has 1 aromatic heterocycles. The molecule has 1 aliphatic rings. The van der Waals surface area contributed by atoms with Crippen LogP contribution < -0.4 is 9.47 Å². The van der Waals surface area contributed by atoms with E-state index in [1.165, 1.54) is 16.8 Å². The first-order chi connectivity index (χ1) is 13.1. The molecule has 0 saturated carbocycles. The van der Waals surface area contributed by atoms with Gasteiger partial charge in [0.1, 0.15) is 5.82 Å². The number of H-pyrrole nitrogens is 1. The molecule has 0 aliphatic carbocycles. The number of halogens is 2. The first-order valence-electron chi connectivity index (χ1n) is 8.19. The highest BCUT2D eigenvalue weighted by atomic mass is 35.5. The van der Waals surface area contributed by atoms with Gasteiger partial charge >= 0.3 is 0 Å². The second-order valence-corrected chi connectivity index (χ2v) is 6.59. The minimum atomic E-state index is -0.329. The first-order valence-corrected chi connectivity index (χ1v) is 8.97. The topological polar surface area (TPSA) is 64.4 Å². The van der Waals surface area contributed by atoms with Crippen LogP contribution in [0.3, 0.4) is 0 Å². The molecule has 0 unspecified atom stereocenters. The number of fused-ring (bicyclic) bond motifs is 1. The van der Waals surface area contributed by atoms with Gasteiger partial charge in [-0.2, -0.15) is 14.9 Å². The Balaban J connectivity index is 1.69. The molecule has 138 valence electrons. The Bertz CT molecular complexity index is 1060. The number of ether oxygens (including phenoxy) is 2. The van der Waals surface area contributed by atoms with Crippen molar-refractivity contribution >= 4 is 30.0 Å². The lowest BCUT2D eigenvalue weighted by atomic mass is 10.2. The lowest BCUT2D eigenvalue weighted by Gasteiger charge is -2.09. The summed E-state index contributed by atoms with van der Waals surface area (Å²) in [6.45, 7) is 1.12. The quantitative estimate of drug-likeness (QED) is 0.517. The summed E-state index contributed by atoms with van der Waals surface area (Å²) in [5.41, 5.74) is 1.40. The Morgan fingerprint density at radius 1 is 1.22 bits per heavy atom. The molecular weight excluding hydrogens is 391 g/mol. The lowest BCUT2D eigenvalue weighted by Crippen LogP contribution is -1.97. The third kappa shape index (κ3) is 3.72. The van der Waals surface area contributed by atoms with Crippen molar-refractivity contribution in [3.63, 3.8) is 0 Å². The Morgan fingerprint density at radius 2 is 2.00 bits per heavy atom. The number of benzene rings is 2. The van der Waals surface area contributed by atoms with Gasteiger partial charge in [0.25, 0.3) is 0 Å². The van der Waals surface area contributed by atoms with Crippen LogP contribution in [0.25, 0.3) is 11.4 Å². The average molecular weight is 405 g/mol. The van der Waals surface area contributed by atoms with E-state index in [2.05, 4.69) is 15.3 Å². The maximum atomic E-state index is 13.2. The molecule has 2 aromatic carbocycles. The molecule has 1 N–H and O–H groups in total. The van der Waals surface area contributed by atoms with E-state index in [0.29, 0.717) is 45.9 Å². The van der Waals surface area contributed by atoms with E-state index in [9.17, 15) is 4.39 Å². The fourth-order valence-electron chi connectivity index (χ4n) is 2.63. The number of rotatable bonds is 3. The van der Waals surface area contributed by atoms with Gasteiger partial charge in [-0.3, -0.25) is 0 Å². The summed E-state index contributed by atoms with van der Waals surface area (Å²) in [7, 11) is 0. The Morgan fingerprint density at radius 3 is 2.81 bits per heavy atom. The molecule has 0 saturated heterocycles. The summed E-state index contributed by atoms with van der Waals surface area (Å²) in [5, 5.41) is 11.7. The maximum Gasteiger partial charge on any atom is 0.216 e. The molecule has 0 radical (unpaired) electrons. The van der Waals surface area contributed by atoms with Crippen molar-refractivity contribution in [2.45, 2.75) is 6.42 Å². The molecule has 0 fully saturated rings. The molecular formula is C18H14ClFN4O2S. The second kappa shape index (κ2) is 7.50. The standard InChI is InChI=1S/C18H14ClFN4O2S/c19-14-8-11(9-15-16(14)26-7-1-6-25-15)10-21-24-17(22-23-18(24)27)12-2-4-13(20)5-3-12/h2-5,8-10H,1,6-7H2,(H,23,27)/b21-10-. The van der Waals surface area contributed by atoms with Gasteiger partial charge in [0, 0.05) is 12.0 Å². The lowest BCUT2D eigenvalue weighted by molar-refractivity contribution is 0.297. The van der Waals surface area contributed by atoms with E-state index in [4.69, 9.17) is 33.3 Å². The van der Waals surface area contributed by atoms with Crippen molar-refractivity contribution in [2.75, 3.05) is 13.2 Å². The third-order valence-electron chi connectivity index (χ3n) is 3.90. The first kappa shape index (κ1) is 17.7. The van der Waals surface area contributed by atoms with Gasteiger partial charge in [-0.15, -0.1) is 0 Å². The van der Waals surface area contributed by atoms with Crippen molar-refractivity contribution in [1.29, 1.82) is 0 Å². The predicted octanol–water partition coefficient (Wildman–Crippen LogP) is 4.44. The smallest absolute Gasteiger partial charge is 0.216 e. The summed E-state index contributed by atoms with van der Waals surface area (Å²) in [5.74, 6) is 1.26. The van der Waals surface area contributed by atoms with Crippen molar-refractivity contribution in [3.8, 4) is 22.9 Å². The SMILES string of the molecule is Fc1ccc(-c2n[nH]c(=S)n2/N=C\c2cc(Cl)c3c(c2)OCCCO3)cc1. The maximum absolute atomic E-state index is 13.2. The van der Waals surface area contributed by atoms with E-state index >= 15 is 0 Å². The predicted molar refractivity (Wildman–Crippen MR) is 103 cm³/mol. The van der Waals surface area contributed by atoms with Crippen LogP contribution in [0.5, 0.6) is 11.5 Å². The molecule has 0 bridgehead atoms. The second-order valence-electron chi connectivity index (χ2n) is 5.80. The van der Waals surface area contributed by atoms with E-state index in [0.717, 1.165) is 12.0 Å². The highest BCUT2D eigenvalue weighted by molar-refractivity contribution is 7.71. The molecule has 2 heterocycles. The molecule has 27 heavy (non-hydrogen) atoms. The average Bonchev–Trinajstić information content (AvgIpc) is 2.87. The largest absolute Gasteiger partial charge is 0.489 e. The van der Waals surface area contributed by atoms with Gasteiger partial charge in [0.2, 0.25) is 4.77 Å². The number of aromatic nitrogens is 3. The molecule has 0 atom stereocenters. The van der Waals surface area contributed by atoms with Crippen molar-refractivity contribution in [3.05, 3.63) is 57.6 Å². The fourth-order valence-corrected chi connectivity index (χ4v) is 3.09. The zero-order valence-corrected chi connectivity index (χ0v) is 15.6. The number of hydrogen-bond donors (Lipinski definition) is 1. The van der Waals surface area contributed by atoms with Gasteiger partial charge in [0.05, 0.1) is 24.5 Å². The van der Waals surface area contributed by atoms with Gasteiger partial charge in [-0.25, -0.2) is 9.49 Å². The third-order valence-corrected chi connectivity index (χ3v) is 4.44. The summed E-state index contributed by atoms with van der Waals surface area (Å²) >= 11 is 11.5. The monoisotopic (exact) mass is 404 g/mol. The number of hydrogen-bond acceptors (Lipinski definition) is 5. The Kier molecular flexibility index (Phi) is 4.91. The highest BCUT2D eigenvalue weighted by Gasteiger charge is 2.15. The summed E-state index contributed by atoms with van der Waals surface area (Å²) in [6.07, 6.45) is 2.39. The van der Waals surface area contributed by atoms with Crippen molar-refractivity contribution in [2.24, 2.45) is 5.10 Å². The van der Waals surface area contributed by atoms with Gasteiger partial charge in [-0.05, 0) is 54.2 Å². The molecule has 6 nitrogen and oxygen atoms in total. The number of nitrogens with zero attached hydrogens (tertiary/aromatic N) is 3. The van der Waals surface area contributed by atoms with Gasteiger partial charge < -0.3 is 9.47 Å². The van der Waals surface area contributed by atoms with Crippen molar-refractivity contribution < 1.29 is 13.9 Å². The van der Waals surface area contributed by atoms with Crippen LogP contribution >= 0.6 is 23.8 Å². The summed E-state index contributed by atoms with van der Waals surface area (Å²) in [4.78, 5) is 0.